The molecule has 1 saturated heterocycles. The molecular formula is C16H25FN2. The number of hydrogen-bond acceptors (Lipinski definition) is 2. The molecule has 0 aliphatic carbocycles. The molecule has 1 aromatic rings. The van der Waals surface area contributed by atoms with Crippen molar-refractivity contribution >= 4 is 0 Å². The minimum atomic E-state index is -0.149. The molecule has 1 unspecified atom stereocenters. The molecule has 0 amide bonds. The van der Waals surface area contributed by atoms with Gasteiger partial charge in [0.2, 0.25) is 0 Å². The summed E-state index contributed by atoms with van der Waals surface area (Å²) in [5.41, 5.74) is 1.04. The van der Waals surface area contributed by atoms with Crippen molar-refractivity contribution in [1.29, 1.82) is 0 Å². The maximum Gasteiger partial charge on any atom is 0.123 e. The minimum absolute atomic E-state index is 0.149. The fourth-order valence-corrected chi connectivity index (χ4v) is 2.87. The summed E-state index contributed by atoms with van der Waals surface area (Å²) in [6.45, 7) is 7.93. The molecule has 0 spiro atoms. The normalized spacial score (nSPS) is 19.5. The monoisotopic (exact) mass is 264 g/mol. The zero-order chi connectivity index (χ0) is 13.7. The van der Waals surface area contributed by atoms with E-state index in [1.54, 1.807) is 12.1 Å². The van der Waals surface area contributed by atoms with Crippen molar-refractivity contribution in [3.63, 3.8) is 0 Å². The van der Waals surface area contributed by atoms with Crippen LogP contribution in [0.1, 0.15) is 44.7 Å². The highest BCUT2D eigenvalue weighted by Gasteiger charge is 2.20. The Morgan fingerprint density at radius 2 is 2.11 bits per heavy atom. The Bertz CT molecular complexity index is 386. The van der Waals surface area contributed by atoms with Crippen molar-refractivity contribution in [1.82, 2.24) is 10.2 Å². The molecule has 3 heteroatoms. The molecule has 106 valence electrons. The SMILES string of the molecule is CCCN1CCC(NC(C)c2cccc(F)c2)CC1. The Morgan fingerprint density at radius 1 is 1.37 bits per heavy atom. The summed E-state index contributed by atoms with van der Waals surface area (Å²) in [5, 5.41) is 3.63. The van der Waals surface area contributed by atoms with Crippen LogP contribution in [0.4, 0.5) is 4.39 Å². The van der Waals surface area contributed by atoms with E-state index in [0.717, 1.165) is 5.56 Å². The highest BCUT2D eigenvalue weighted by Crippen LogP contribution is 2.18. The van der Waals surface area contributed by atoms with Gasteiger partial charge < -0.3 is 10.2 Å². The summed E-state index contributed by atoms with van der Waals surface area (Å²) in [6.07, 6.45) is 3.62. The van der Waals surface area contributed by atoms with E-state index >= 15 is 0 Å². The lowest BCUT2D eigenvalue weighted by Gasteiger charge is -2.33. The standard InChI is InChI=1S/C16H25FN2/c1-3-9-19-10-7-16(8-11-19)18-13(2)14-5-4-6-15(17)12-14/h4-6,12-13,16,18H,3,7-11H2,1-2H3. The number of likely N-dealkylation sites (tertiary alicyclic amines) is 1. The van der Waals surface area contributed by atoms with Crippen LogP contribution in [0, 0.1) is 5.82 Å². The van der Waals surface area contributed by atoms with E-state index in [9.17, 15) is 4.39 Å². The van der Waals surface area contributed by atoms with Gasteiger partial charge in [-0.3, -0.25) is 0 Å². The van der Waals surface area contributed by atoms with Crippen LogP contribution in [0.2, 0.25) is 0 Å². The lowest BCUT2D eigenvalue weighted by molar-refractivity contribution is 0.192. The van der Waals surface area contributed by atoms with Crippen LogP contribution in [0.15, 0.2) is 24.3 Å². The van der Waals surface area contributed by atoms with Crippen LogP contribution >= 0.6 is 0 Å². The molecule has 1 heterocycles. The first-order valence-electron chi connectivity index (χ1n) is 7.43. The molecule has 0 bridgehead atoms. The molecule has 1 N–H and O–H groups in total. The fraction of sp³-hybridized carbons (Fsp3) is 0.625. The van der Waals surface area contributed by atoms with Crippen molar-refractivity contribution < 1.29 is 4.39 Å². The summed E-state index contributed by atoms with van der Waals surface area (Å²) in [5.74, 6) is -0.149. The summed E-state index contributed by atoms with van der Waals surface area (Å²) < 4.78 is 13.2. The fourth-order valence-electron chi connectivity index (χ4n) is 2.87. The topological polar surface area (TPSA) is 15.3 Å². The van der Waals surface area contributed by atoms with Gasteiger partial charge in [0.15, 0.2) is 0 Å². The first kappa shape index (κ1) is 14.5. The number of halogens is 1. The molecule has 1 aliphatic heterocycles. The third kappa shape index (κ3) is 4.29. The van der Waals surface area contributed by atoms with Crippen LogP contribution in [-0.4, -0.2) is 30.6 Å². The minimum Gasteiger partial charge on any atom is -0.307 e. The van der Waals surface area contributed by atoms with Crippen molar-refractivity contribution in [3.05, 3.63) is 35.6 Å². The number of rotatable bonds is 5. The van der Waals surface area contributed by atoms with Gasteiger partial charge in [-0.1, -0.05) is 19.1 Å². The van der Waals surface area contributed by atoms with Crippen molar-refractivity contribution in [2.24, 2.45) is 0 Å². The molecule has 0 aromatic heterocycles. The molecule has 0 saturated carbocycles. The number of benzene rings is 1. The van der Waals surface area contributed by atoms with Crippen LogP contribution in [0.5, 0.6) is 0 Å². The molecule has 2 rings (SSSR count). The summed E-state index contributed by atoms with van der Waals surface area (Å²) in [4.78, 5) is 2.53. The molecule has 0 radical (unpaired) electrons. The van der Waals surface area contributed by atoms with Gasteiger partial charge in [0, 0.05) is 12.1 Å². The number of piperidine rings is 1. The second-order valence-corrected chi connectivity index (χ2v) is 5.56. The summed E-state index contributed by atoms with van der Waals surface area (Å²) >= 11 is 0. The van der Waals surface area contributed by atoms with Gasteiger partial charge >= 0.3 is 0 Å². The molecule has 1 aliphatic rings. The maximum atomic E-state index is 13.2. The van der Waals surface area contributed by atoms with E-state index < -0.39 is 0 Å². The van der Waals surface area contributed by atoms with Gasteiger partial charge in [0.25, 0.3) is 0 Å². The van der Waals surface area contributed by atoms with E-state index in [2.05, 4.69) is 24.1 Å². The van der Waals surface area contributed by atoms with Crippen LogP contribution in [0.25, 0.3) is 0 Å². The van der Waals surface area contributed by atoms with Crippen molar-refractivity contribution in [3.8, 4) is 0 Å². The van der Waals surface area contributed by atoms with Gasteiger partial charge in [0.1, 0.15) is 5.82 Å². The van der Waals surface area contributed by atoms with Gasteiger partial charge in [-0.25, -0.2) is 4.39 Å². The summed E-state index contributed by atoms with van der Waals surface area (Å²) in [7, 11) is 0. The predicted octanol–water partition coefficient (Wildman–Crippen LogP) is 3.35. The van der Waals surface area contributed by atoms with E-state index in [4.69, 9.17) is 0 Å². The van der Waals surface area contributed by atoms with E-state index in [1.165, 1.54) is 45.0 Å². The number of hydrogen-bond donors (Lipinski definition) is 1. The van der Waals surface area contributed by atoms with Crippen molar-refractivity contribution in [2.75, 3.05) is 19.6 Å². The lowest BCUT2D eigenvalue weighted by atomic mass is 10.0. The summed E-state index contributed by atoms with van der Waals surface area (Å²) in [6, 6.07) is 7.69. The second-order valence-electron chi connectivity index (χ2n) is 5.56. The predicted molar refractivity (Wildman–Crippen MR) is 77.7 cm³/mol. The molecule has 2 nitrogen and oxygen atoms in total. The highest BCUT2D eigenvalue weighted by atomic mass is 19.1. The zero-order valence-electron chi connectivity index (χ0n) is 12.0. The van der Waals surface area contributed by atoms with Gasteiger partial charge in [0.05, 0.1) is 0 Å². The molecule has 1 aromatic carbocycles. The largest absolute Gasteiger partial charge is 0.307 e. The Morgan fingerprint density at radius 3 is 2.74 bits per heavy atom. The van der Waals surface area contributed by atoms with E-state index in [1.807, 2.05) is 6.07 Å². The second kappa shape index (κ2) is 7.01. The molecule has 1 atom stereocenters. The Kier molecular flexibility index (Phi) is 5.34. The Hall–Kier alpha value is -0.930. The third-order valence-corrected chi connectivity index (χ3v) is 3.96. The number of nitrogens with zero attached hydrogens (tertiary/aromatic N) is 1. The molecule has 1 fully saturated rings. The van der Waals surface area contributed by atoms with Crippen LogP contribution < -0.4 is 5.32 Å². The first-order valence-corrected chi connectivity index (χ1v) is 7.43. The van der Waals surface area contributed by atoms with Crippen molar-refractivity contribution in [2.45, 2.75) is 45.2 Å². The van der Waals surface area contributed by atoms with Gasteiger partial charge in [-0.05, 0) is 63.5 Å². The third-order valence-electron chi connectivity index (χ3n) is 3.96. The Balaban J connectivity index is 1.82. The molecule has 19 heavy (non-hydrogen) atoms. The van der Waals surface area contributed by atoms with Gasteiger partial charge in [-0.15, -0.1) is 0 Å². The quantitative estimate of drug-likeness (QED) is 0.877. The maximum absolute atomic E-state index is 13.2. The smallest absolute Gasteiger partial charge is 0.123 e. The first-order chi connectivity index (χ1) is 9.19. The van der Waals surface area contributed by atoms with Gasteiger partial charge in [-0.2, -0.15) is 0 Å². The van der Waals surface area contributed by atoms with E-state index in [0.29, 0.717) is 6.04 Å². The average Bonchev–Trinajstić information content (AvgIpc) is 2.41. The van der Waals surface area contributed by atoms with Crippen LogP contribution in [-0.2, 0) is 0 Å². The Labute approximate surface area is 116 Å². The lowest BCUT2D eigenvalue weighted by Crippen LogP contribution is -2.43. The zero-order valence-corrected chi connectivity index (χ0v) is 12.0. The van der Waals surface area contributed by atoms with Crippen LogP contribution in [0.3, 0.4) is 0 Å². The molecular weight excluding hydrogens is 239 g/mol. The number of nitrogens with one attached hydrogen (secondary N) is 1. The highest BCUT2D eigenvalue weighted by molar-refractivity contribution is 5.19. The average molecular weight is 264 g/mol. The van der Waals surface area contributed by atoms with E-state index in [-0.39, 0.29) is 11.9 Å².